The second-order valence-electron chi connectivity index (χ2n) is 27.0. The van der Waals surface area contributed by atoms with Crippen molar-refractivity contribution in [3.05, 3.63) is 190 Å². The lowest BCUT2D eigenvalue weighted by molar-refractivity contribution is -0.137. The summed E-state index contributed by atoms with van der Waals surface area (Å²) >= 11 is 21.8. The third-order valence-electron chi connectivity index (χ3n) is 16.4. The predicted molar refractivity (Wildman–Crippen MR) is 409 cm³/mol. The molecule has 0 bridgehead atoms. The number of rotatable bonds is 8. The molecule has 3 amide bonds. The number of carbonyl (C=O) groups is 4. The quantitative estimate of drug-likeness (QED) is 0.106. The van der Waals surface area contributed by atoms with Gasteiger partial charge in [-0.05, 0) is 132 Å². The number of carboxylic acids is 1. The number of carbonyl (C=O) groups excluding carboxylic acids is 3. The molecule has 0 saturated carbocycles. The Morgan fingerprint density at radius 1 is 0.593 bits per heavy atom. The van der Waals surface area contributed by atoms with E-state index in [9.17, 15) is 45.5 Å². The standard InChI is InChI=1S/C20H12ClF3N4O2S.C15H26BNO4.C13H6ClF3N2O3.C12H16N2O2S.C7H8N2S.C3H2BrNS.ClH/c21-17-16(19(29)27-3-1-11(7-27)15-6-25-10-31-15)26-18-14(20(22,23)24)5-13(8-28(17)18)12-2-4-30-9-12;1-13(2,3)19-12(18)17-9-8-11(10-17)16-20-14(4,5)15(6,7)21-16;14-10-9(12(20)21)18-11-8(13(15,16)17)3-7(4-19(10)11)6-1-2-22-5-6;1-12(2,3)16-11(15)14-5-4-9(7-14)10-6-13-8-17-10;1-2-8-3-6(1)7-4-9-5-10-7;4-3-1-5-2-6-3;/h1-2,4-6,8-10H,3,7H2;8H,9-10H2,1-7H3;1-5H,(H,20,21);4,6,8H,5,7H2,1-3H3;1,4-5,8H,2-3H2;1-2H;1H. The Morgan fingerprint density at radius 2 is 1.02 bits per heavy atom. The molecule has 15 rings (SSSR count). The fourth-order valence-electron chi connectivity index (χ4n) is 10.5. The summed E-state index contributed by atoms with van der Waals surface area (Å²) in [6, 6.07) is 4.85. The van der Waals surface area contributed by atoms with Gasteiger partial charge in [-0.2, -0.15) is 26.3 Å². The van der Waals surface area contributed by atoms with Crippen molar-refractivity contribution in [1.29, 1.82) is 0 Å². The van der Waals surface area contributed by atoms with E-state index < -0.39 is 68.7 Å². The first-order valence-corrected chi connectivity index (χ1v) is 37.6. The van der Waals surface area contributed by atoms with Gasteiger partial charge in [0.2, 0.25) is 0 Å². The first-order valence-electron chi connectivity index (χ1n) is 32.5. The SMILES string of the molecule is Brc1cncs1.C1=C(c2cncs2)CNC1.CC(C)(C)OC(=O)N1CC=C(B2OC(C)(C)C(C)(C)O2)C1.CC(C)(C)OC(=O)N1CC=C(c2cncs2)C1.Cl.O=C(O)c1nc2c(C(F)(F)F)cc(-c3ccoc3)cn2c1Cl.O=C(c1nc2c(C(F)(F)F)cc(-c3ccoc3)cn2c1Cl)N1CC=C(c2cncs2)C1. The first-order chi connectivity index (χ1) is 50.3. The van der Waals surface area contributed by atoms with Crippen molar-refractivity contribution in [3.63, 3.8) is 0 Å². The fraction of sp³-hybridized carbons (Fsp3) is 0.343. The predicted octanol–water partition coefficient (Wildman–Crippen LogP) is 18.3. The molecule has 38 heteroatoms. The number of hydrogen-bond acceptors (Lipinski definition) is 21. The summed E-state index contributed by atoms with van der Waals surface area (Å²) in [5, 5.41) is 11.6. The average Bonchev–Trinajstić information content (AvgIpc) is 1.60. The van der Waals surface area contributed by atoms with E-state index >= 15 is 0 Å². The molecule has 0 aliphatic carbocycles. The zero-order chi connectivity index (χ0) is 77.6. The van der Waals surface area contributed by atoms with Crippen molar-refractivity contribution in [3.8, 4) is 22.3 Å². The van der Waals surface area contributed by atoms with Gasteiger partial charge in [0.05, 0.1) is 101 Å². The number of thiazole rings is 4. The van der Waals surface area contributed by atoms with Crippen LogP contribution in [0.3, 0.4) is 0 Å². The monoisotopic (exact) mass is 1690 g/mol. The summed E-state index contributed by atoms with van der Waals surface area (Å²) < 4.78 is 117. The third kappa shape index (κ3) is 21.0. The Hall–Kier alpha value is -8.23. The Balaban J connectivity index is 0.000000157. The van der Waals surface area contributed by atoms with Crippen LogP contribution >= 0.6 is 96.9 Å². The Labute approximate surface area is 656 Å². The molecule has 1 saturated heterocycles. The molecular formula is C70H71BBrCl3F6N12O11S4. The van der Waals surface area contributed by atoms with Gasteiger partial charge < -0.3 is 52.7 Å². The molecule has 5 aliphatic heterocycles. The van der Waals surface area contributed by atoms with Gasteiger partial charge in [0.25, 0.3) is 5.91 Å². The number of imidazole rings is 2. The number of nitrogens with one attached hydrogen (secondary N) is 1. The second-order valence-corrected chi connectivity index (χ2v) is 32.6. The number of aromatic carboxylic acids is 1. The van der Waals surface area contributed by atoms with Crippen molar-refractivity contribution in [2.24, 2.45) is 0 Å². The number of halogens is 10. The number of amides is 3. The molecule has 0 atom stereocenters. The van der Waals surface area contributed by atoms with Gasteiger partial charge in [0.15, 0.2) is 22.7 Å². The summed E-state index contributed by atoms with van der Waals surface area (Å²) in [6.45, 7) is 24.2. The van der Waals surface area contributed by atoms with Crippen LogP contribution in [0, 0.1) is 0 Å². The van der Waals surface area contributed by atoms with Crippen LogP contribution in [0.4, 0.5) is 35.9 Å². The Bertz CT molecular complexity index is 4870. The maximum Gasteiger partial charge on any atom is 0.492 e. The number of fused-ring (bicyclic) bond motifs is 2. The van der Waals surface area contributed by atoms with E-state index in [0.717, 1.165) is 64.2 Å². The van der Waals surface area contributed by atoms with Gasteiger partial charge in [-0.25, -0.2) is 24.4 Å². The molecule has 10 aromatic heterocycles. The minimum absolute atomic E-state index is 0. The first kappa shape index (κ1) is 83.8. The highest BCUT2D eigenvalue weighted by atomic mass is 79.9. The molecule has 0 spiro atoms. The van der Waals surface area contributed by atoms with E-state index in [2.05, 4.69) is 63.3 Å². The smallest absolute Gasteiger partial charge is 0.476 e. The maximum absolute atomic E-state index is 13.8. The minimum Gasteiger partial charge on any atom is -0.476 e. The van der Waals surface area contributed by atoms with Gasteiger partial charge in [-0.1, -0.05) is 47.5 Å². The van der Waals surface area contributed by atoms with E-state index in [4.69, 9.17) is 55.9 Å². The lowest BCUT2D eigenvalue weighted by atomic mass is 9.79. The number of alkyl halides is 6. The fourth-order valence-corrected chi connectivity index (χ4v) is 13.7. The van der Waals surface area contributed by atoms with Crippen molar-refractivity contribution in [1.82, 2.24) is 58.7 Å². The van der Waals surface area contributed by atoms with Gasteiger partial charge in [-0.3, -0.25) is 33.5 Å². The summed E-state index contributed by atoms with van der Waals surface area (Å²) in [7, 11) is -0.387. The number of aromatic nitrogens is 8. The molecule has 23 nitrogen and oxygen atoms in total. The number of nitrogens with zero attached hydrogens (tertiary/aromatic N) is 11. The molecule has 5 aliphatic rings. The molecule has 1 fully saturated rings. The lowest BCUT2D eigenvalue weighted by Crippen LogP contribution is -2.41. The number of carboxylic acid groups (broad SMARTS) is 1. The normalized spacial score (nSPS) is 15.9. The van der Waals surface area contributed by atoms with Crippen LogP contribution in [-0.2, 0) is 31.1 Å². The van der Waals surface area contributed by atoms with Crippen molar-refractivity contribution in [2.45, 2.75) is 104 Å². The van der Waals surface area contributed by atoms with Crippen LogP contribution in [0.1, 0.15) is 116 Å². The Kier molecular flexibility index (Phi) is 27.0. The largest absolute Gasteiger partial charge is 0.492 e. The highest BCUT2D eigenvalue weighted by Gasteiger charge is 2.53. The zero-order valence-corrected chi connectivity index (χ0v) is 66.5. The van der Waals surface area contributed by atoms with E-state index in [1.54, 1.807) is 72.7 Å². The maximum atomic E-state index is 13.8. The van der Waals surface area contributed by atoms with Crippen LogP contribution < -0.4 is 5.32 Å². The molecule has 0 unspecified atom stereocenters. The average molecular weight is 1700 g/mol. The molecule has 0 radical (unpaired) electrons. The molecule has 0 aromatic carbocycles. The van der Waals surface area contributed by atoms with E-state index in [0.29, 0.717) is 50.4 Å². The van der Waals surface area contributed by atoms with E-state index in [-0.39, 0.29) is 64.9 Å². The van der Waals surface area contributed by atoms with Gasteiger partial charge in [-0.15, -0.1) is 57.8 Å². The van der Waals surface area contributed by atoms with Crippen LogP contribution in [0.25, 0.3) is 50.3 Å². The van der Waals surface area contributed by atoms with Gasteiger partial charge in [0, 0.05) is 99.1 Å². The Morgan fingerprint density at radius 3 is 1.41 bits per heavy atom. The highest BCUT2D eigenvalue weighted by molar-refractivity contribution is 9.11. The summed E-state index contributed by atoms with van der Waals surface area (Å²) in [5.74, 6) is -2.05. The molecule has 2 N–H and O–H groups in total. The molecule has 574 valence electrons. The number of pyridine rings is 2. The van der Waals surface area contributed by atoms with Gasteiger partial charge >= 0.3 is 37.6 Å². The topological polar surface area (TPSA) is 260 Å². The second kappa shape index (κ2) is 34.8. The van der Waals surface area contributed by atoms with Crippen LogP contribution in [0.5, 0.6) is 0 Å². The van der Waals surface area contributed by atoms with E-state index in [1.807, 2.05) is 99.3 Å². The van der Waals surface area contributed by atoms with E-state index in [1.165, 1.54) is 76.3 Å². The number of ether oxygens (including phenoxy) is 2. The van der Waals surface area contributed by atoms with Crippen molar-refractivity contribution in [2.75, 3.05) is 52.4 Å². The van der Waals surface area contributed by atoms with Crippen LogP contribution in [0.2, 0.25) is 10.3 Å². The number of furan rings is 2. The molecule has 10 aromatic rings. The van der Waals surface area contributed by atoms with Crippen LogP contribution in [0.15, 0.2) is 151 Å². The molecular weight excluding hydrogens is 1620 g/mol. The minimum atomic E-state index is -4.72. The van der Waals surface area contributed by atoms with Crippen molar-refractivity contribution < 1.29 is 78.2 Å². The number of hydrogen-bond donors (Lipinski definition) is 2. The zero-order valence-electron chi connectivity index (χ0n) is 59.3. The third-order valence-corrected chi connectivity index (χ3v) is 21.0. The van der Waals surface area contributed by atoms with Gasteiger partial charge in [0.1, 0.15) is 21.5 Å². The van der Waals surface area contributed by atoms with Crippen LogP contribution in [-0.4, -0.2) is 164 Å². The molecule has 15 heterocycles. The van der Waals surface area contributed by atoms with Crippen molar-refractivity contribution >= 4 is 156 Å². The molecule has 108 heavy (non-hydrogen) atoms. The summed E-state index contributed by atoms with van der Waals surface area (Å²) in [4.78, 5) is 79.5. The summed E-state index contributed by atoms with van der Waals surface area (Å²) in [6.07, 6.45) is 13.4. The highest BCUT2D eigenvalue weighted by Crippen LogP contribution is 2.42. The lowest BCUT2D eigenvalue weighted by Gasteiger charge is -2.32. The summed E-state index contributed by atoms with van der Waals surface area (Å²) in [5.41, 5.74) is 7.26.